The summed E-state index contributed by atoms with van der Waals surface area (Å²) in [5.74, 6) is -0.868. The minimum atomic E-state index is -0.868. The Balaban J connectivity index is 2.44. The Morgan fingerprint density at radius 2 is 1.71 bits per heavy atom. The molecular formula is C15H23N3O3. The molecule has 0 saturated carbocycles. The predicted molar refractivity (Wildman–Crippen MR) is 82.6 cm³/mol. The third-order valence-corrected chi connectivity index (χ3v) is 3.01. The van der Waals surface area contributed by atoms with E-state index in [-0.39, 0.29) is 12.5 Å². The van der Waals surface area contributed by atoms with Crippen molar-refractivity contribution < 1.29 is 14.7 Å². The topological polar surface area (TPSA) is 72.9 Å². The zero-order chi connectivity index (χ0) is 15.8. The summed E-state index contributed by atoms with van der Waals surface area (Å²) in [6.45, 7) is 1.61. The van der Waals surface area contributed by atoms with E-state index in [1.807, 2.05) is 14.1 Å². The summed E-state index contributed by atoms with van der Waals surface area (Å²) in [5, 5.41) is 11.5. The van der Waals surface area contributed by atoms with Crippen LogP contribution in [0.1, 0.15) is 12.0 Å². The summed E-state index contributed by atoms with van der Waals surface area (Å²) in [6.07, 6.45) is 0.896. The van der Waals surface area contributed by atoms with Crippen molar-refractivity contribution in [1.82, 2.24) is 9.80 Å². The van der Waals surface area contributed by atoms with Crippen LogP contribution < -0.4 is 5.32 Å². The average Bonchev–Trinajstić information content (AvgIpc) is 2.39. The Hall–Kier alpha value is -2.08. The molecule has 0 bridgehead atoms. The molecular weight excluding hydrogens is 270 g/mol. The predicted octanol–water partition coefficient (Wildman–Crippen LogP) is 1.73. The lowest BCUT2D eigenvalue weighted by Crippen LogP contribution is -2.33. The van der Waals surface area contributed by atoms with Crippen molar-refractivity contribution in [1.29, 1.82) is 0 Å². The summed E-state index contributed by atoms with van der Waals surface area (Å²) in [6, 6.07) is 6.67. The van der Waals surface area contributed by atoms with E-state index in [2.05, 4.69) is 10.2 Å². The monoisotopic (exact) mass is 293 g/mol. The van der Waals surface area contributed by atoms with Crippen LogP contribution in [0.3, 0.4) is 0 Å². The van der Waals surface area contributed by atoms with Gasteiger partial charge in [0, 0.05) is 19.3 Å². The highest BCUT2D eigenvalue weighted by Gasteiger charge is 2.08. The zero-order valence-corrected chi connectivity index (χ0v) is 12.8. The van der Waals surface area contributed by atoms with Crippen LogP contribution in [0, 0.1) is 0 Å². The lowest BCUT2D eigenvalue weighted by atomic mass is 10.1. The summed E-state index contributed by atoms with van der Waals surface area (Å²) in [4.78, 5) is 26.3. The molecule has 0 fully saturated rings. The third kappa shape index (κ3) is 6.76. The van der Waals surface area contributed by atoms with Gasteiger partial charge in [0.25, 0.3) is 0 Å². The molecule has 2 amide bonds. The van der Waals surface area contributed by atoms with Crippen LogP contribution >= 0.6 is 0 Å². The van der Waals surface area contributed by atoms with Gasteiger partial charge < -0.3 is 20.2 Å². The van der Waals surface area contributed by atoms with E-state index in [0.717, 1.165) is 13.0 Å². The van der Waals surface area contributed by atoms with Crippen molar-refractivity contribution in [3.05, 3.63) is 29.8 Å². The molecule has 0 saturated heterocycles. The van der Waals surface area contributed by atoms with Crippen LogP contribution in [0.25, 0.3) is 0 Å². The molecule has 1 aromatic rings. The average molecular weight is 293 g/mol. The highest BCUT2D eigenvalue weighted by atomic mass is 16.4. The van der Waals surface area contributed by atoms with Crippen LogP contribution in [0.4, 0.5) is 10.5 Å². The number of carboxylic acid groups (broad SMARTS) is 1. The molecule has 2 N–H and O–H groups in total. The van der Waals surface area contributed by atoms with Crippen molar-refractivity contribution in [3.63, 3.8) is 0 Å². The highest BCUT2D eigenvalue weighted by molar-refractivity contribution is 5.89. The van der Waals surface area contributed by atoms with E-state index in [1.165, 1.54) is 0 Å². The number of carbonyl (C=O) groups is 2. The number of rotatable bonds is 7. The van der Waals surface area contributed by atoms with Gasteiger partial charge >= 0.3 is 12.0 Å². The molecule has 1 aromatic carbocycles. The summed E-state index contributed by atoms with van der Waals surface area (Å²) in [7, 11) is 5.75. The van der Waals surface area contributed by atoms with Crippen LogP contribution in [-0.4, -0.2) is 61.1 Å². The van der Waals surface area contributed by atoms with E-state index in [0.29, 0.717) is 17.8 Å². The van der Waals surface area contributed by atoms with Crippen molar-refractivity contribution >= 4 is 17.7 Å². The van der Waals surface area contributed by atoms with Gasteiger partial charge in [0.05, 0.1) is 6.42 Å². The molecule has 0 unspecified atom stereocenters. The fourth-order valence-corrected chi connectivity index (χ4v) is 1.83. The lowest BCUT2D eigenvalue weighted by Gasteiger charge is -2.19. The van der Waals surface area contributed by atoms with Gasteiger partial charge in [0.2, 0.25) is 0 Å². The maximum absolute atomic E-state index is 12.0. The number of carboxylic acids is 1. The Morgan fingerprint density at radius 3 is 2.24 bits per heavy atom. The molecule has 6 heteroatoms. The van der Waals surface area contributed by atoms with Crippen molar-refractivity contribution in [2.75, 3.05) is 39.5 Å². The Morgan fingerprint density at radius 1 is 1.10 bits per heavy atom. The van der Waals surface area contributed by atoms with Gasteiger partial charge in [-0.1, -0.05) is 12.1 Å². The van der Waals surface area contributed by atoms with Gasteiger partial charge in [-0.05, 0) is 44.8 Å². The number of anilines is 1. The van der Waals surface area contributed by atoms with Crippen LogP contribution in [0.2, 0.25) is 0 Å². The fraction of sp³-hybridized carbons (Fsp3) is 0.467. The van der Waals surface area contributed by atoms with Gasteiger partial charge in [0.1, 0.15) is 0 Å². The molecule has 0 radical (unpaired) electrons. The highest BCUT2D eigenvalue weighted by Crippen LogP contribution is 2.11. The molecule has 0 atom stereocenters. The van der Waals surface area contributed by atoms with E-state index in [9.17, 15) is 9.59 Å². The third-order valence-electron chi connectivity index (χ3n) is 3.01. The first kappa shape index (κ1) is 17.0. The molecule has 0 aliphatic heterocycles. The number of urea groups is 1. The lowest BCUT2D eigenvalue weighted by molar-refractivity contribution is -0.136. The maximum Gasteiger partial charge on any atom is 0.321 e. The molecule has 116 valence electrons. The van der Waals surface area contributed by atoms with Gasteiger partial charge in [0.15, 0.2) is 0 Å². The van der Waals surface area contributed by atoms with Gasteiger partial charge in [-0.25, -0.2) is 4.79 Å². The molecule has 0 aromatic heterocycles. The molecule has 0 aliphatic carbocycles. The SMILES string of the molecule is CN(C)CCCN(C)C(=O)Nc1ccc(CC(=O)O)cc1. The van der Waals surface area contributed by atoms with Crippen LogP contribution in [0.5, 0.6) is 0 Å². The molecule has 0 spiro atoms. The van der Waals surface area contributed by atoms with Crippen LogP contribution in [-0.2, 0) is 11.2 Å². The van der Waals surface area contributed by atoms with Gasteiger partial charge in [-0.15, -0.1) is 0 Å². The molecule has 0 heterocycles. The van der Waals surface area contributed by atoms with E-state index in [1.54, 1.807) is 36.2 Å². The number of carbonyl (C=O) groups excluding carboxylic acids is 1. The number of hydrogen-bond acceptors (Lipinski definition) is 3. The number of nitrogens with one attached hydrogen (secondary N) is 1. The Labute approximate surface area is 125 Å². The second-order valence-corrected chi connectivity index (χ2v) is 5.28. The molecule has 21 heavy (non-hydrogen) atoms. The standard InChI is InChI=1S/C15H23N3O3/c1-17(2)9-4-10-18(3)15(21)16-13-7-5-12(6-8-13)11-14(19)20/h5-8H,4,9-11H2,1-3H3,(H,16,21)(H,19,20). The number of aliphatic carboxylic acids is 1. The second kappa shape index (κ2) is 8.26. The number of amides is 2. The molecule has 0 aliphatic rings. The second-order valence-electron chi connectivity index (χ2n) is 5.28. The van der Waals surface area contributed by atoms with Crippen molar-refractivity contribution in [3.8, 4) is 0 Å². The van der Waals surface area contributed by atoms with Gasteiger partial charge in [-0.2, -0.15) is 0 Å². The van der Waals surface area contributed by atoms with Gasteiger partial charge in [-0.3, -0.25) is 4.79 Å². The fourth-order valence-electron chi connectivity index (χ4n) is 1.83. The maximum atomic E-state index is 12.0. The minimum absolute atomic E-state index is 0.0152. The first-order chi connectivity index (χ1) is 9.88. The Bertz CT molecular complexity index is 472. The van der Waals surface area contributed by atoms with Crippen molar-refractivity contribution in [2.24, 2.45) is 0 Å². The summed E-state index contributed by atoms with van der Waals surface area (Å²) >= 11 is 0. The number of hydrogen-bond donors (Lipinski definition) is 2. The normalized spacial score (nSPS) is 10.5. The van der Waals surface area contributed by atoms with E-state index in [4.69, 9.17) is 5.11 Å². The van der Waals surface area contributed by atoms with E-state index < -0.39 is 5.97 Å². The first-order valence-electron chi connectivity index (χ1n) is 6.86. The Kier molecular flexibility index (Phi) is 6.68. The summed E-state index contributed by atoms with van der Waals surface area (Å²) in [5.41, 5.74) is 1.37. The minimum Gasteiger partial charge on any atom is -0.481 e. The number of nitrogens with zero attached hydrogens (tertiary/aromatic N) is 2. The van der Waals surface area contributed by atoms with Crippen LogP contribution in [0.15, 0.2) is 24.3 Å². The smallest absolute Gasteiger partial charge is 0.321 e. The van der Waals surface area contributed by atoms with Crippen molar-refractivity contribution in [2.45, 2.75) is 12.8 Å². The van der Waals surface area contributed by atoms with E-state index >= 15 is 0 Å². The summed E-state index contributed by atoms with van der Waals surface area (Å²) < 4.78 is 0. The first-order valence-corrected chi connectivity index (χ1v) is 6.86. The zero-order valence-electron chi connectivity index (χ0n) is 12.8. The number of benzene rings is 1. The molecule has 6 nitrogen and oxygen atoms in total. The quantitative estimate of drug-likeness (QED) is 0.803. The largest absolute Gasteiger partial charge is 0.481 e. The molecule has 1 rings (SSSR count).